The van der Waals surface area contributed by atoms with Gasteiger partial charge in [-0.25, -0.2) is 0 Å². The van der Waals surface area contributed by atoms with E-state index in [1.165, 1.54) is 31.3 Å². The van der Waals surface area contributed by atoms with Gasteiger partial charge in [-0.05, 0) is 50.9 Å². The summed E-state index contributed by atoms with van der Waals surface area (Å²) >= 11 is 0. The summed E-state index contributed by atoms with van der Waals surface area (Å²) in [4.78, 5) is 0. The zero-order valence-corrected chi connectivity index (χ0v) is 8.84. The fourth-order valence-corrected chi connectivity index (χ4v) is 3.30. The van der Waals surface area contributed by atoms with E-state index in [0.717, 1.165) is 17.8 Å². The van der Waals surface area contributed by atoms with Gasteiger partial charge in [0.1, 0.15) is 0 Å². The molecule has 0 spiro atoms. The third kappa shape index (κ3) is 1.72. The third-order valence-corrected chi connectivity index (χ3v) is 3.80. The van der Waals surface area contributed by atoms with Crippen LogP contribution in [0.1, 0.15) is 39.5 Å². The van der Waals surface area contributed by atoms with Crippen molar-refractivity contribution in [3.63, 3.8) is 0 Å². The van der Waals surface area contributed by atoms with Crippen LogP contribution < -0.4 is 0 Å². The van der Waals surface area contributed by atoms with Crippen molar-refractivity contribution in [2.45, 2.75) is 39.5 Å². The van der Waals surface area contributed by atoms with Gasteiger partial charge in [-0.1, -0.05) is 30.2 Å². The highest BCUT2D eigenvalue weighted by Gasteiger charge is 2.39. The van der Waals surface area contributed by atoms with Crippen LogP contribution in [-0.4, -0.2) is 0 Å². The van der Waals surface area contributed by atoms with Crippen LogP contribution >= 0.6 is 0 Å². The summed E-state index contributed by atoms with van der Waals surface area (Å²) in [5.41, 5.74) is 2.79. The summed E-state index contributed by atoms with van der Waals surface area (Å²) in [5, 5.41) is 0. The molecule has 2 fully saturated rings. The summed E-state index contributed by atoms with van der Waals surface area (Å²) in [7, 11) is 0. The van der Waals surface area contributed by atoms with Crippen LogP contribution in [0.5, 0.6) is 0 Å². The summed E-state index contributed by atoms with van der Waals surface area (Å²) in [6.45, 7) is 8.34. The second kappa shape index (κ2) is 3.32. The van der Waals surface area contributed by atoms with Crippen LogP contribution in [0.2, 0.25) is 0 Å². The van der Waals surface area contributed by atoms with Crippen molar-refractivity contribution < 1.29 is 0 Å². The topological polar surface area (TPSA) is 0 Å². The van der Waals surface area contributed by atoms with E-state index < -0.39 is 0 Å². The van der Waals surface area contributed by atoms with Gasteiger partial charge in [-0.2, -0.15) is 0 Å². The molecule has 0 saturated heterocycles. The highest BCUT2D eigenvalue weighted by Crippen LogP contribution is 2.50. The molecule has 0 aromatic rings. The fraction of sp³-hybridized carbons (Fsp3) is 0.692. The molecule has 3 atom stereocenters. The zero-order valence-electron chi connectivity index (χ0n) is 8.84. The van der Waals surface area contributed by atoms with Gasteiger partial charge >= 0.3 is 0 Å². The quantitative estimate of drug-likeness (QED) is 0.559. The highest BCUT2D eigenvalue weighted by molar-refractivity contribution is 5.21. The van der Waals surface area contributed by atoms with E-state index in [0.29, 0.717) is 0 Å². The van der Waals surface area contributed by atoms with Gasteiger partial charge in [0.25, 0.3) is 0 Å². The van der Waals surface area contributed by atoms with Crippen molar-refractivity contribution in [2.24, 2.45) is 17.8 Å². The van der Waals surface area contributed by atoms with Gasteiger partial charge in [-0.3, -0.25) is 0 Å². The van der Waals surface area contributed by atoms with E-state index in [-0.39, 0.29) is 0 Å². The van der Waals surface area contributed by atoms with Crippen LogP contribution in [0.3, 0.4) is 0 Å². The average Bonchev–Trinajstić information content (AvgIpc) is 2.62. The molecule has 3 unspecified atom stereocenters. The van der Waals surface area contributed by atoms with E-state index >= 15 is 0 Å². The molecule has 2 saturated carbocycles. The largest absolute Gasteiger partial charge is 0.0961 e. The molecule has 0 aromatic heterocycles. The van der Waals surface area contributed by atoms with E-state index in [2.05, 4.69) is 26.5 Å². The molecule has 0 aromatic carbocycles. The third-order valence-electron chi connectivity index (χ3n) is 3.80. The normalized spacial score (nSPS) is 38.3. The molecule has 0 aliphatic heterocycles. The fourth-order valence-electron chi connectivity index (χ4n) is 3.30. The molecule has 0 heteroatoms. The second-order valence-corrected chi connectivity index (χ2v) is 5.02. The lowest BCUT2D eigenvalue weighted by molar-refractivity contribution is 0.378. The van der Waals surface area contributed by atoms with Crippen LogP contribution in [0.15, 0.2) is 23.8 Å². The van der Waals surface area contributed by atoms with Gasteiger partial charge in [0.05, 0.1) is 0 Å². The maximum atomic E-state index is 3.95. The number of rotatable bonds is 2. The number of hydrogen-bond acceptors (Lipinski definition) is 0. The van der Waals surface area contributed by atoms with Crippen LogP contribution in [0.4, 0.5) is 0 Å². The molecule has 2 rings (SSSR count). The minimum absolute atomic E-state index is 0.899. The molecule has 2 bridgehead atoms. The van der Waals surface area contributed by atoms with Gasteiger partial charge < -0.3 is 0 Å². The van der Waals surface area contributed by atoms with Gasteiger partial charge in [0, 0.05) is 0 Å². The number of hydrogen-bond donors (Lipinski definition) is 0. The smallest absolute Gasteiger partial charge is 0.0172 e. The first-order valence-electron chi connectivity index (χ1n) is 5.50. The monoisotopic (exact) mass is 176 g/mol. The maximum absolute atomic E-state index is 3.95. The minimum Gasteiger partial charge on any atom is -0.0961 e. The molecule has 2 aliphatic carbocycles. The molecular formula is C13H20. The number of allylic oxidation sites excluding steroid dienone is 3. The molecule has 2 aliphatic rings. The molecule has 0 radical (unpaired) electrons. The van der Waals surface area contributed by atoms with Gasteiger partial charge in [0.2, 0.25) is 0 Å². The van der Waals surface area contributed by atoms with Crippen molar-refractivity contribution in [3.8, 4) is 0 Å². The second-order valence-electron chi connectivity index (χ2n) is 5.02. The summed E-state index contributed by atoms with van der Waals surface area (Å²) < 4.78 is 0. The molecule has 0 nitrogen and oxygen atoms in total. The Bertz CT molecular complexity index is 247. The molecular weight excluding hydrogens is 156 g/mol. The van der Waals surface area contributed by atoms with Gasteiger partial charge in [0.15, 0.2) is 0 Å². The first-order chi connectivity index (χ1) is 6.16. The maximum Gasteiger partial charge on any atom is -0.0172 e. The molecule has 0 N–H and O–H groups in total. The average molecular weight is 176 g/mol. The summed E-state index contributed by atoms with van der Waals surface area (Å²) in [5.74, 6) is 2.97. The van der Waals surface area contributed by atoms with Gasteiger partial charge in [-0.15, -0.1) is 0 Å². The Hall–Kier alpha value is -0.520. The first kappa shape index (κ1) is 9.05. The lowest BCUT2D eigenvalue weighted by atomic mass is 9.83. The van der Waals surface area contributed by atoms with Crippen molar-refractivity contribution in [1.29, 1.82) is 0 Å². The Kier molecular flexibility index (Phi) is 2.31. The van der Waals surface area contributed by atoms with E-state index in [4.69, 9.17) is 0 Å². The Morgan fingerprint density at radius 3 is 2.46 bits per heavy atom. The Morgan fingerprint density at radius 1 is 1.23 bits per heavy atom. The van der Waals surface area contributed by atoms with Crippen molar-refractivity contribution in [1.82, 2.24) is 0 Å². The lowest BCUT2D eigenvalue weighted by Gasteiger charge is -2.22. The van der Waals surface area contributed by atoms with Crippen LogP contribution in [0.25, 0.3) is 0 Å². The van der Waals surface area contributed by atoms with E-state index in [1.54, 1.807) is 5.57 Å². The van der Waals surface area contributed by atoms with Crippen LogP contribution in [-0.2, 0) is 0 Å². The predicted molar refractivity (Wildman–Crippen MR) is 57.5 cm³/mol. The molecule has 72 valence electrons. The number of fused-ring (bicyclic) bond motifs is 2. The van der Waals surface area contributed by atoms with Crippen molar-refractivity contribution in [3.05, 3.63) is 23.8 Å². The van der Waals surface area contributed by atoms with E-state index in [1.807, 2.05) is 0 Å². The Labute approximate surface area is 81.7 Å². The Balaban J connectivity index is 2.06. The molecule has 0 heterocycles. The predicted octanol–water partition coefficient (Wildman–Crippen LogP) is 3.95. The molecule has 0 amide bonds. The summed E-state index contributed by atoms with van der Waals surface area (Å²) in [6, 6.07) is 0. The zero-order chi connectivity index (χ0) is 9.42. The van der Waals surface area contributed by atoms with Crippen molar-refractivity contribution in [2.75, 3.05) is 0 Å². The standard InChI is InChI=1S/C13H20/c1-9(2)6-10(3)13-8-11-4-5-12(13)7-11/h6,11-13H,1,4-5,7-8H2,2-3H3. The highest BCUT2D eigenvalue weighted by atomic mass is 14.4. The molecule has 13 heavy (non-hydrogen) atoms. The summed E-state index contributed by atoms with van der Waals surface area (Å²) in [6.07, 6.45) is 8.23. The minimum atomic E-state index is 0.899. The van der Waals surface area contributed by atoms with E-state index in [9.17, 15) is 0 Å². The first-order valence-corrected chi connectivity index (χ1v) is 5.50. The Morgan fingerprint density at radius 2 is 2.00 bits per heavy atom. The lowest BCUT2D eigenvalue weighted by Crippen LogP contribution is -2.11. The van der Waals surface area contributed by atoms with Crippen LogP contribution in [0, 0.1) is 17.8 Å². The van der Waals surface area contributed by atoms with Crippen molar-refractivity contribution >= 4 is 0 Å². The SMILES string of the molecule is C=C(C)C=C(C)C1CC2CCC1C2.